The van der Waals surface area contributed by atoms with Gasteiger partial charge in [0, 0.05) is 25.2 Å². The topological polar surface area (TPSA) is 65.5 Å². The van der Waals surface area contributed by atoms with Gasteiger partial charge in [-0.15, -0.1) is 24.0 Å². The van der Waals surface area contributed by atoms with Gasteiger partial charge in [-0.05, 0) is 55.7 Å². The predicted octanol–water partition coefficient (Wildman–Crippen LogP) is 3.49. The van der Waals surface area contributed by atoms with E-state index < -0.39 is 0 Å². The van der Waals surface area contributed by atoms with Gasteiger partial charge >= 0.3 is 0 Å². The molecular weight excluding hydrogens is 470 g/mol. The minimum absolute atomic E-state index is 0. The van der Waals surface area contributed by atoms with Gasteiger partial charge in [-0.3, -0.25) is 4.79 Å². The van der Waals surface area contributed by atoms with Crippen molar-refractivity contribution in [3.63, 3.8) is 0 Å². The summed E-state index contributed by atoms with van der Waals surface area (Å²) in [6.45, 7) is 6.42. The molecule has 0 fully saturated rings. The number of amides is 1. The molecular formula is C21H28FIN4O. The van der Waals surface area contributed by atoms with E-state index in [1.807, 2.05) is 32.0 Å². The van der Waals surface area contributed by atoms with E-state index in [4.69, 9.17) is 0 Å². The summed E-state index contributed by atoms with van der Waals surface area (Å²) < 4.78 is 13.0. The summed E-state index contributed by atoms with van der Waals surface area (Å²) in [4.78, 5) is 16.5. The Balaban J connectivity index is 0.00000392. The largest absolute Gasteiger partial charge is 0.357 e. The van der Waals surface area contributed by atoms with Gasteiger partial charge in [-0.25, -0.2) is 9.38 Å². The molecule has 1 amide bonds. The zero-order valence-corrected chi connectivity index (χ0v) is 18.6. The summed E-state index contributed by atoms with van der Waals surface area (Å²) in [5.41, 5.74) is 2.67. The predicted molar refractivity (Wildman–Crippen MR) is 123 cm³/mol. The lowest BCUT2D eigenvalue weighted by molar-refractivity contribution is 0.0955. The fraction of sp³-hybridized carbons (Fsp3) is 0.333. The zero-order valence-electron chi connectivity index (χ0n) is 16.3. The molecule has 0 spiro atoms. The second-order valence-corrected chi connectivity index (χ2v) is 6.06. The van der Waals surface area contributed by atoms with Crippen LogP contribution in [0, 0.1) is 5.82 Å². The van der Waals surface area contributed by atoms with E-state index >= 15 is 0 Å². The minimum atomic E-state index is -0.226. The number of rotatable bonds is 8. The van der Waals surface area contributed by atoms with Gasteiger partial charge in [0.25, 0.3) is 5.91 Å². The van der Waals surface area contributed by atoms with Gasteiger partial charge in [-0.2, -0.15) is 0 Å². The van der Waals surface area contributed by atoms with Gasteiger partial charge in [-0.1, -0.05) is 24.3 Å². The van der Waals surface area contributed by atoms with E-state index in [-0.39, 0.29) is 35.7 Å². The number of halogens is 2. The van der Waals surface area contributed by atoms with Crippen molar-refractivity contribution in [2.75, 3.05) is 19.6 Å². The highest BCUT2D eigenvalue weighted by Crippen LogP contribution is 2.07. The Kier molecular flexibility index (Phi) is 11.2. The first kappa shape index (κ1) is 23.9. The van der Waals surface area contributed by atoms with Crippen molar-refractivity contribution in [3.05, 3.63) is 71.0 Å². The molecule has 0 aliphatic carbocycles. The number of guanidine groups is 1. The molecule has 0 saturated carbocycles. The van der Waals surface area contributed by atoms with Crippen molar-refractivity contribution in [2.24, 2.45) is 4.99 Å². The Morgan fingerprint density at radius 3 is 2.36 bits per heavy atom. The average molecular weight is 498 g/mol. The number of carbonyl (C=O) groups excluding carboxylic acids is 1. The number of nitrogens with one attached hydrogen (secondary N) is 3. The quantitative estimate of drug-likeness (QED) is 0.297. The van der Waals surface area contributed by atoms with Crippen molar-refractivity contribution in [1.82, 2.24) is 16.0 Å². The summed E-state index contributed by atoms with van der Waals surface area (Å²) >= 11 is 0. The molecule has 2 aromatic carbocycles. The third kappa shape index (κ3) is 8.24. The van der Waals surface area contributed by atoms with Crippen molar-refractivity contribution in [2.45, 2.75) is 26.8 Å². The van der Waals surface area contributed by atoms with Gasteiger partial charge in [0.15, 0.2) is 5.96 Å². The van der Waals surface area contributed by atoms with Crippen molar-refractivity contribution < 1.29 is 9.18 Å². The summed E-state index contributed by atoms with van der Waals surface area (Å²) in [7, 11) is 0. The summed E-state index contributed by atoms with van der Waals surface area (Å²) in [6.07, 6.45) is 0.775. The van der Waals surface area contributed by atoms with Crippen LogP contribution >= 0.6 is 24.0 Å². The Bertz CT molecular complexity index is 765. The average Bonchev–Trinajstić information content (AvgIpc) is 2.68. The molecule has 0 aromatic heterocycles. The molecule has 0 unspecified atom stereocenters. The second kappa shape index (κ2) is 13.1. The normalized spacial score (nSPS) is 10.8. The highest BCUT2D eigenvalue weighted by Gasteiger charge is 2.05. The van der Waals surface area contributed by atoms with Crippen LogP contribution in [0.3, 0.4) is 0 Å². The Morgan fingerprint density at radius 1 is 0.964 bits per heavy atom. The molecule has 28 heavy (non-hydrogen) atoms. The molecule has 0 radical (unpaired) electrons. The summed E-state index contributed by atoms with van der Waals surface area (Å²) in [5.74, 6) is 0.409. The SMILES string of the molecule is CCNC(=O)c1cccc(CN=C(NCC)NCCc2ccc(F)cc2)c1.I. The molecule has 0 atom stereocenters. The maximum absolute atomic E-state index is 13.0. The number of carbonyl (C=O) groups is 1. The third-order valence-electron chi connectivity index (χ3n) is 3.91. The maximum Gasteiger partial charge on any atom is 0.251 e. The number of benzene rings is 2. The fourth-order valence-corrected chi connectivity index (χ4v) is 2.56. The monoisotopic (exact) mass is 498 g/mol. The van der Waals surface area contributed by atoms with E-state index in [1.165, 1.54) is 12.1 Å². The molecule has 0 bridgehead atoms. The van der Waals surface area contributed by atoms with Crippen LogP contribution < -0.4 is 16.0 Å². The smallest absolute Gasteiger partial charge is 0.251 e. The number of aliphatic imine (C=N–C) groups is 1. The van der Waals surface area contributed by atoms with Crippen LogP contribution in [-0.2, 0) is 13.0 Å². The van der Waals surface area contributed by atoms with Crippen molar-refractivity contribution in [1.29, 1.82) is 0 Å². The van der Waals surface area contributed by atoms with E-state index in [2.05, 4.69) is 20.9 Å². The zero-order chi connectivity index (χ0) is 19.5. The van der Waals surface area contributed by atoms with Crippen LogP contribution in [0.2, 0.25) is 0 Å². The first-order valence-electron chi connectivity index (χ1n) is 9.26. The lowest BCUT2D eigenvalue weighted by Gasteiger charge is -2.11. The number of hydrogen-bond acceptors (Lipinski definition) is 2. The second-order valence-electron chi connectivity index (χ2n) is 6.06. The standard InChI is InChI=1S/C21H27FN4O.HI/c1-3-23-20(27)18-7-5-6-17(14-18)15-26-21(24-4-2)25-13-12-16-8-10-19(22)11-9-16;/h5-11,14H,3-4,12-13,15H2,1-2H3,(H,23,27)(H2,24,25,26);1H. The van der Waals surface area contributed by atoms with Crippen LogP contribution in [0.15, 0.2) is 53.5 Å². The Labute approximate surface area is 183 Å². The lowest BCUT2D eigenvalue weighted by atomic mass is 10.1. The molecule has 0 heterocycles. The highest BCUT2D eigenvalue weighted by atomic mass is 127. The molecule has 5 nitrogen and oxygen atoms in total. The van der Waals surface area contributed by atoms with Crippen LogP contribution in [0.5, 0.6) is 0 Å². The van der Waals surface area contributed by atoms with Crippen LogP contribution in [-0.4, -0.2) is 31.5 Å². The van der Waals surface area contributed by atoms with E-state index in [9.17, 15) is 9.18 Å². The fourth-order valence-electron chi connectivity index (χ4n) is 2.56. The van der Waals surface area contributed by atoms with Crippen molar-refractivity contribution in [3.8, 4) is 0 Å². The number of nitrogens with zero attached hydrogens (tertiary/aromatic N) is 1. The Hall–Kier alpha value is -2.16. The van der Waals surface area contributed by atoms with Gasteiger partial charge in [0.05, 0.1) is 6.54 Å². The summed E-state index contributed by atoms with van der Waals surface area (Å²) in [6, 6.07) is 14.0. The summed E-state index contributed by atoms with van der Waals surface area (Å²) in [5, 5.41) is 9.28. The van der Waals surface area contributed by atoms with Gasteiger partial charge in [0.1, 0.15) is 5.82 Å². The molecule has 152 valence electrons. The van der Waals surface area contributed by atoms with Crippen LogP contribution in [0.1, 0.15) is 35.3 Å². The molecule has 2 aromatic rings. The minimum Gasteiger partial charge on any atom is -0.357 e. The third-order valence-corrected chi connectivity index (χ3v) is 3.91. The van der Waals surface area contributed by atoms with Crippen LogP contribution in [0.4, 0.5) is 4.39 Å². The molecule has 0 aliphatic heterocycles. The van der Waals surface area contributed by atoms with E-state index in [1.54, 1.807) is 18.2 Å². The molecule has 7 heteroatoms. The van der Waals surface area contributed by atoms with Crippen LogP contribution in [0.25, 0.3) is 0 Å². The Morgan fingerprint density at radius 2 is 1.68 bits per heavy atom. The molecule has 3 N–H and O–H groups in total. The van der Waals surface area contributed by atoms with Gasteiger partial charge in [0.2, 0.25) is 0 Å². The molecule has 0 aliphatic rings. The van der Waals surface area contributed by atoms with Gasteiger partial charge < -0.3 is 16.0 Å². The highest BCUT2D eigenvalue weighted by molar-refractivity contribution is 14.0. The van der Waals surface area contributed by atoms with E-state index in [0.717, 1.165) is 24.1 Å². The van der Waals surface area contributed by atoms with Crippen molar-refractivity contribution >= 4 is 35.8 Å². The molecule has 0 saturated heterocycles. The van der Waals surface area contributed by atoms with E-state index in [0.29, 0.717) is 31.2 Å². The first-order chi connectivity index (χ1) is 13.1. The molecule has 2 rings (SSSR count). The maximum atomic E-state index is 13.0. The lowest BCUT2D eigenvalue weighted by Crippen LogP contribution is -2.38. The number of hydrogen-bond donors (Lipinski definition) is 3. The first-order valence-corrected chi connectivity index (χ1v) is 9.26.